The van der Waals surface area contributed by atoms with E-state index in [1.54, 1.807) is 16.8 Å². The maximum absolute atomic E-state index is 13.0. The number of fused-ring (bicyclic) bond motifs is 4. The molecule has 2 aromatic carbocycles. The molecule has 2 atom stereocenters. The molecule has 5 heteroatoms. The summed E-state index contributed by atoms with van der Waals surface area (Å²) in [4.78, 5) is 32.9. The normalized spacial score (nSPS) is 21.8. The Kier molecular flexibility index (Phi) is 3.79. The number of carbonyl (C=O) groups excluding carboxylic acids is 2. The molecule has 0 unspecified atom stereocenters. The Labute approximate surface area is 163 Å². The Hall–Kier alpha value is -3.08. The van der Waals surface area contributed by atoms with E-state index in [0.717, 1.165) is 34.1 Å². The summed E-state index contributed by atoms with van der Waals surface area (Å²) in [5, 5.41) is 1.14. The van der Waals surface area contributed by atoms with Crippen LogP contribution in [0.25, 0.3) is 10.9 Å². The number of benzene rings is 2. The zero-order valence-corrected chi connectivity index (χ0v) is 16.1. The van der Waals surface area contributed by atoms with E-state index >= 15 is 0 Å². The zero-order chi connectivity index (χ0) is 19.4. The first-order chi connectivity index (χ1) is 13.6. The first-order valence-electron chi connectivity index (χ1n) is 9.83. The molecule has 1 fully saturated rings. The number of nitrogens with zero attached hydrogens (tertiary/aromatic N) is 2. The Morgan fingerprint density at radius 3 is 2.57 bits per heavy atom. The molecule has 0 spiro atoms. The van der Waals surface area contributed by atoms with Crippen LogP contribution >= 0.6 is 0 Å². The van der Waals surface area contributed by atoms with Crippen LogP contribution in [0, 0.1) is 0 Å². The standard InChI is InChI=1S/C23H23N3O2/c1-3-14-8-10-15(11-9-14)22-21-17(16-6-4-5-7-18(16)24-21)12-19-23(28)25(2)13-20(27)26(19)22/h4-11,19,22,24H,3,12-13H2,1-2H3/t19-,22-/m0/s1. The van der Waals surface area contributed by atoms with Gasteiger partial charge in [0.15, 0.2) is 0 Å². The number of piperazine rings is 1. The highest BCUT2D eigenvalue weighted by molar-refractivity contribution is 5.97. The number of H-pyrrole nitrogens is 1. The predicted octanol–water partition coefficient (Wildman–Crippen LogP) is 3.05. The first-order valence-corrected chi connectivity index (χ1v) is 9.83. The summed E-state index contributed by atoms with van der Waals surface area (Å²) in [5.41, 5.74) is 5.54. The van der Waals surface area contributed by atoms with Crippen LogP contribution in [0.3, 0.4) is 0 Å². The quantitative estimate of drug-likeness (QED) is 0.751. The minimum absolute atomic E-state index is 0.000902. The molecule has 142 valence electrons. The van der Waals surface area contributed by atoms with Gasteiger partial charge in [-0.1, -0.05) is 49.4 Å². The van der Waals surface area contributed by atoms with Gasteiger partial charge in [0.25, 0.3) is 0 Å². The lowest BCUT2D eigenvalue weighted by Crippen LogP contribution is -2.62. The number of nitrogens with one attached hydrogen (secondary N) is 1. The van der Waals surface area contributed by atoms with Gasteiger partial charge in [-0.25, -0.2) is 0 Å². The summed E-state index contributed by atoms with van der Waals surface area (Å²) in [6.45, 7) is 2.26. The molecule has 28 heavy (non-hydrogen) atoms. The summed E-state index contributed by atoms with van der Waals surface area (Å²) in [6.07, 6.45) is 1.52. The first kappa shape index (κ1) is 17.0. The molecule has 0 bridgehead atoms. The van der Waals surface area contributed by atoms with Crippen molar-refractivity contribution in [3.63, 3.8) is 0 Å². The second-order valence-electron chi connectivity index (χ2n) is 7.78. The minimum Gasteiger partial charge on any atom is -0.356 e. The van der Waals surface area contributed by atoms with E-state index < -0.39 is 6.04 Å². The summed E-state index contributed by atoms with van der Waals surface area (Å²) in [6, 6.07) is 15.9. The van der Waals surface area contributed by atoms with Crippen molar-refractivity contribution in [3.05, 3.63) is 70.9 Å². The van der Waals surface area contributed by atoms with E-state index in [2.05, 4.69) is 48.3 Å². The number of hydrogen-bond donors (Lipinski definition) is 1. The number of aromatic amines is 1. The summed E-state index contributed by atoms with van der Waals surface area (Å²) >= 11 is 0. The highest BCUT2D eigenvalue weighted by Gasteiger charge is 2.47. The largest absolute Gasteiger partial charge is 0.356 e. The average Bonchev–Trinajstić information content (AvgIpc) is 3.09. The van der Waals surface area contributed by atoms with E-state index in [1.807, 2.05) is 12.1 Å². The van der Waals surface area contributed by atoms with Crippen LogP contribution in [0.15, 0.2) is 48.5 Å². The van der Waals surface area contributed by atoms with Crippen LogP contribution in [0.1, 0.15) is 35.3 Å². The average molecular weight is 373 g/mol. The van der Waals surface area contributed by atoms with Crippen LogP contribution in [0.4, 0.5) is 0 Å². The van der Waals surface area contributed by atoms with Gasteiger partial charge in [0.1, 0.15) is 6.04 Å². The van der Waals surface area contributed by atoms with Crippen molar-refractivity contribution < 1.29 is 9.59 Å². The molecule has 2 aliphatic rings. The molecule has 0 aliphatic carbocycles. The van der Waals surface area contributed by atoms with Gasteiger partial charge in [-0.3, -0.25) is 9.59 Å². The molecule has 2 aliphatic heterocycles. The van der Waals surface area contributed by atoms with Crippen LogP contribution in [-0.4, -0.2) is 46.2 Å². The Balaban J connectivity index is 1.73. The summed E-state index contributed by atoms with van der Waals surface area (Å²) < 4.78 is 0. The third-order valence-corrected chi connectivity index (χ3v) is 6.16. The van der Waals surface area contributed by atoms with E-state index in [0.29, 0.717) is 6.42 Å². The molecule has 1 N–H and O–H groups in total. The number of likely N-dealkylation sites (N-methyl/N-ethyl adjacent to an activating group) is 1. The van der Waals surface area contributed by atoms with Gasteiger partial charge in [-0.05, 0) is 29.2 Å². The number of amides is 2. The van der Waals surface area contributed by atoms with Gasteiger partial charge in [-0.2, -0.15) is 0 Å². The highest BCUT2D eigenvalue weighted by atomic mass is 16.2. The number of aryl methyl sites for hydroxylation is 1. The lowest BCUT2D eigenvalue weighted by molar-refractivity contribution is -0.157. The topological polar surface area (TPSA) is 56.4 Å². The molecule has 3 heterocycles. The maximum Gasteiger partial charge on any atom is 0.245 e. The van der Waals surface area contributed by atoms with Crippen molar-refractivity contribution in [3.8, 4) is 0 Å². The monoisotopic (exact) mass is 373 g/mol. The number of carbonyl (C=O) groups is 2. The third-order valence-electron chi connectivity index (χ3n) is 6.16. The maximum atomic E-state index is 13.0. The van der Waals surface area contributed by atoms with Gasteiger partial charge in [-0.15, -0.1) is 0 Å². The highest BCUT2D eigenvalue weighted by Crippen LogP contribution is 2.42. The molecule has 1 saturated heterocycles. The lowest BCUT2D eigenvalue weighted by atomic mass is 9.86. The molecule has 3 aromatic rings. The van der Waals surface area contributed by atoms with Crippen molar-refractivity contribution in [1.82, 2.24) is 14.8 Å². The van der Waals surface area contributed by atoms with E-state index in [4.69, 9.17) is 0 Å². The number of aromatic nitrogens is 1. The molecule has 0 saturated carbocycles. The molecule has 0 radical (unpaired) electrons. The zero-order valence-electron chi connectivity index (χ0n) is 16.1. The SMILES string of the molecule is CCc1ccc([C@H]2c3[nH]c4ccccc4c3C[C@H]3C(=O)N(C)CC(=O)N23)cc1. The number of rotatable bonds is 2. The Bertz CT molecular complexity index is 1080. The molecular formula is C23H23N3O2. The number of hydrogen-bond acceptors (Lipinski definition) is 2. The lowest BCUT2D eigenvalue weighted by Gasteiger charge is -2.46. The van der Waals surface area contributed by atoms with E-state index in [-0.39, 0.29) is 24.4 Å². The molecule has 5 nitrogen and oxygen atoms in total. The van der Waals surface area contributed by atoms with Gasteiger partial charge < -0.3 is 14.8 Å². The van der Waals surface area contributed by atoms with Crippen LogP contribution in [0.5, 0.6) is 0 Å². The van der Waals surface area contributed by atoms with Crippen molar-refractivity contribution in [2.45, 2.75) is 31.8 Å². The molecule has 1 aromatic heterocycles. The van der Waals surface area contributed by atoms with E-state index in [1.165, 1.54) is 5.56 Å². The third kappa shape index (κ3) is 2.39. The smallest absolute Gasteiger partial charge is 0.245 e. The van der Waals surface area contributed by atoms with E-state index in [9.17, 15) is 9.59 Å². The molecular weight excluding hydrogens is 350 g/mol. The summed E-state index contributed by atoms with van der Waals surface area (Å²) in [7, 11) is 1.72. The van der Waals surface area contributed by atoms with Gasteiger partial charge in [0, 0.05) is 30.1 Å². The van der Waals surface area contributed by atoms with Crippen molar-refractivity contribution >= 4 is 22.7 Å². The second kappa shape index (κ2) is 6.23. The molecule has 5 rings (SSSR count). The molecule has 2 amide bonds. The van der Waals surface area contributed by atoms with Crippen LogP contribution in [-0.2, 0) is 22.4 Å². The number of para-hydroxylation sites is 1. The fraction of sp³-hybridized carbons (Fsp3) is 0.304. The van der Waals surface area contributed by atoms with Gasteiger partial charge in [0.2, 0.25) is 11.8 Å². The van der Waals surface area contributed by atoms with Crippen molar-refractivity contribution in [1.29, 1.82) is 0 Å². The fourth-order valence-electron chi connectivity index (χ4n) is 4.69. The Morgan fingerprint density at radius 2 is 1.82 bits per heavy atom. The fourth-order valence-corrected chi connectivity index (χ4v) is 4.69. The van der Waals surface area contributed by atoms with Crippen molar-refractivity contribution in [2.24, 2.45) is 0 Å². The second-order valence-corrected chi connectivity index (χ2v) is 7.78. The predicted molar refractivity (Wildman–Crippen MR) is 108 cm³/mol. The van der Waals surface area contributed by atoms with Crippen LogP contribution in [0.2, 0.25) is 0 Å². The Morgan fingerprint density at radius 1 is 1.07 bits per heavy atom. The summed E-state index contributed by atoms with van der Waals surface area (Å²) in [5.74, 6) is 0.0201. The van der Waals surface area contributed by atoms with Gasteiger partial charge in [0.05, 0.1) is 12.6 Å². The minimum atomic E-state index is -0.450. The van der Waals surface area contributed by atoms with Crippen LogP contribution < -0.4 is 0 Å². The van der Waals surface area contributed by atoms with Crippen molar-refractivity contribution in [2.75, 3.05) is 13.6 Å². The van der Waals surface area contributed by atoms with Gasteiger partial charge >= 0.3 is 0 Å².